The van der Waals surface area contributed by atoms with Gasteiger partial charge in [0.05, 0.1) is 11.9 Å². The van der Waals surface area contributed by atoms with E-state index in [9.17, 15) is 13.5 Å². The molecule has 3 nitrogen and oxygen atoms in total. The summed E-state index contributed by atoms with van der Waals surface area (Å²) in [5.74, 6) is -0.0454. The molecule has 1 aromatic carbocycles. The Labute approximate surface area is 111 Å². The third-order valence-corrected chi connectivity index (χ3v) is 4.01. The van der Waals surface area contributed by atoms with Crippen LogP contribution in [0.25, 0.3) is 0 Å². The smallest absolute Gasteiger partial charge is 0.147 e. The number of aliphatic hydroxyl groups excluding tert-OH is 1. The van der Waals surface area contributed by atoms with Crippen LogP contribution in [-0.2, 0) is 16.3 Å². The molecule has 96 valence electrons. The van der Waals surface area contributed by atoms with Crippen LogP contribution in [0.3, 0.4) is 0 Å². The number of benzene rings is 1. The van der Waals surface area contributed by atoms with Gasteiger partial charge in [0.2, 0.25) is 0 Å². The number of hydrogen-bond donors (Lipinski definition) is 1. The van der Waals surface area contributed by atoms with E-state index in [-0.39, 0.29) is 18.6 Å². The van der Waals surface area contributed by atoms with Crippen molar-refractivity contribution in [2.24, 2.45) is 0 Å². The van der Waals surface area contributed by atoms with Gasteiger partial charge in [-0.3, -0.25) is 0 Å². The summed E-state index contributed by atoms with van der Waals surface area (Å²) >= 11 is 11.9. The number of aliphatic hydroxyl groups is 1. The summed E-state index contributed by atoms with van der Waals surface area (Å²) in [7, 11) is -3.06. The maximum atomic E-state index is 11.0. The minimum Gasteiger partial charge on any atom is -0.393 e. The molecule has 0 radical (unpaired) electrons. The van der Waals surface area contributed by atoms with E-state index in [0.717, 1.165) is 6.26 Å². The van der Waals surface area contributed by atoms with E-state index in [4.69, 9.17) is 23.2 Å². The van der Waals surface area contributed by atoms with Crippen molar-refractivity contribution in [2.45, 2.75) is 18.9 Å². The van der Waals surface area contributed by atoms with E-state index < -0.39 is 15.9 Å². The Morgan fingerprint density at radius 3 is 2.29 bits per heavy atom. The van der Waals surface area contributed by atoms with Gasteiger partial charge in [0, 0.05) is 22.7 Å². The summed E-state index contributed by atoms with van der Waals surface area (Å²) < 4.78 is 21.9. The molecular weight excluding hydrogens is 283 g/mol. The fourth-order valence-corrected chi connectivity index (χ4v) is 2.67. The molecule has 0 saturated heterocycles. The van der Waals surface area contributed by atoms with Crippen LogP contribution < -0.4 is 0 Å². The highest BCUT2D eigenvalue weighted by Gasteiger charge is 2.13. The van der Waals surface area contributed by atoms with E-state index in [1.54, 1.807) is 18.2 Å². The molecule has 0 amide bonds. The minimum atomic E-state index is -3.06. The second-order valence-corrected chi connectivity index (χ2v) is 7.05. The first-order valence-electron chi connectivity index (χ1n) is 5.08. The van der Waals surface area contributed by atoms with Crippen molar-refractivity contribution in [1.82, 2.24) is 0 Å². The SMILES string of the molecule is CS(=O)(=O)CCC(O)Cc1c(Cl)cccc1Cl. The highest BCUT2D eigenvalue weighted by atomic mass is 35.5. The molecule has 0 aliphatic carbocycles. The predicted molar refractivity (Wildman–Crippen MR) is 70.5 cm³/mol. The molecule has 0 fully saturated rings. The molecule has 1 N–H and O–H groups in total. The van der Waals surface area contributed by atoms with Gasteiger partial charge in [0.25, 0.3) is 0 Å². The van der Waals surface area contributed by atoms with Crippen molar-refractivity contribution in [3.63, 3.8) is 0 Å². The van der Waals surface area contributed by atoms with Crippen molar-refractivity contribution in [1.29, 1.82) is 0 Å². The molecule has 0 aliphatic rings. The second-order valence-electron chi connectivity index (χ2n) is 3.98. The van der Waals surface area contributed by atoms with Gasteiger partial charge in [-0.25, -0.2) is 8.42 Å². The van der Waals surface area contributed by atoms with Gasteiger partial charge >= 0.3 is 0 Å². The Morgan fingerprint density at radius 1 is 1.29 bits per heavy atom. The first-order valence-corrected chi connectivity index (χ1v) is 7.90. The summed E-state index contributed by atoms with van der Waals surface area (Å²) in [4.78, 5) is 0. The van der Waals surface area contributed by atoms with Gasteiger partial charge in [0.15, 0.2) is 0 Å². The van der Waals surface area contributed by atoms with E-state index in [1.165, 1.54) is 0 Å². The summed E-state index contributed by atoms with van der Waals surface area (Å²) in [6.45, 7) is 0. The molecular formula is C11H14Cl2O3S. The van der Waals surface area contributed by atoms with Crippen molar-refractivity contribution in [2.75, 3.05) is 12.0 Å². The zero-order chi connectivity index (χ0) is 13.1. The molecule has 1 atom stereocenters. The van der Waals surface area contributed by atoms with Gasteiger partial charge in [-0.2, -0.15) is 0 Å². The Bertz CT molecular complexity index is 465. The van der Waals surface area contributed by atoms with E-state index in [1.807, 2.05) is 0 Å². The average Bonchev–Trinajstić information content (AvgIpc) is 2.20. The van der Waals surface area contributed by atoms with Crippen LogP contribution in [-0.4, -0.2) is 31.6 Å². The van der Waals surface area contributed by atoms with Crippen molar-refractivity contribution in [3.8, 4) is 0 Å². The van der Waals surface area contributed by atoms with Crippen LogP contribution in [0.4, 0.5) is 0 Å². The molecule has 0 bridgehead atoms. The second kappa shape index (κ2) is 6.05. The molecule has 0 spiro atoms. The van der Waals surface area contributed by atoms with Gasteiger partial charge in [-0.1, -0.05) is 29.3 Å². The number of hydrogen-bond acceptors (Lipinski definition) is 3. The molecule has 1 rings (SSSR count). The Hall–Kier alpha value is -0.290. The first kappa shape index (κ1) is 14.8. The number of halogens is 2. The molecule has 0 saturated carbocycles. The van der Waals surface area contributed by atoms with Crippen LogP contribution >= 0.6 is 23.2 Å². The molecule has 0 aromatic heterocycles. The number of sulfone groups is 1. The van der Waals surface area contributed by atoms with Crippen molar-refractivity contribution >= 4 is 33.0 Å². The van der Waals surface area contributed by atoms with Crippen LogP contribution in [0.15, 0.2) is 18.2 Å². The van der Waals surface area contributed by atoms with Gasteiger partial charge in [0.1, 0.15) is 9.84 Å². The lowest BCUT2D eigenvalue weighted by Crippen LogP contribution is -2.16. The standard InChI is InChI=1S/C11H14Cl2O3S/c1-17(15,16)6-5-8(14)7-9-10(12)3-2-4-11(9)13/h2-4,8,14H,5-7H2,1H3. The van der Waals surface area contributed by atoms with Crippen LogP contribution in [0, 0.1) is 0 Å². The lowest BCUT2D eigenvalue weighted by atomic mass is 10.1. The quantitative estimate of drug-likeness (QED) is 0.907. The maximum absolute atomic E-state index is 11.0. The molecule has 6 heteroatoms. The Kier molecular flexibility index (Phi) is 5.25. The average molecular weight is 297 g/mol. The van der Waals surface area contributed by atoms with E-state index >= 15 is 0 Å². The molecule has 0 heterocycles. The Balaban J connectivity index is 2.65. The van der Waals surface area contributed by atoms with Gasteiger partial charge in [-0.15, -0.1) is 0 Å². The highest BCUT2D eigenvalue weighted by Crippen LogP contribution is 2.26. The number of rotatable bonds is 5. The maximum Gasteiger partial charge on any atom is 0.147 e. The molecule has 1 aromatic rings. The van der Waals surface area contributed by atoms with Crippen molar-refractivity contribution < 1.29 is 13.5 Å². The van der Waals surface area contributed by atoms with E-state index in [0.29, 0.717) is 15.6 Å². The third kappa shape index (κ3) is 5.25. The lowest BCUT2D eigenvalue weighted by molar-refractivity contribution is 0.171. The summed E-state index contributed by atoms with van der Waals surface area (Å²) in [6, 6.07) is 5.09. The van der Waals surface area contributed by atoms with Crippen molar-refractivity contribution in [3.05, 3.63) is 33.8 Å². The fraction of sp³-hybridized carbons (Fsp3) is 0.455. The zero-order valence-corrected chi connectivity index (χ0v) is 11.7. The molecule has 1 unspecified atom stereocenters. The summed E-state index contributed by atoms with van der Waals surface area (Å²) in [5.41, 5.74) is 0.650. The summed E-state index contributed by atoms with van der Waals surface area (Å²) in [6.07, 6.45) is 0.818. The highest BCUT2D eigenvalue weighted by molar-refractivity contribution is 7.90. The van der Waals surface area contributed by atoms with E-state index in [2.05, 4.69) is 0 Å². The first-order chi connectivity index (χ1) is 7.79. The van der Waals surface area contributed by atoms with Crippen LogP contribution in [0.1, 0.15) is 12.0 Å². The Morgan fingerprint density at radius 2 is 1.82 bits per heavy atom. The van der Waals surface area contributed by atoms with Gasteiger partial charge in [-0.05, 0) is 24.1 Å². The van der Waals surface area contributed by atoms with Crippen LogP contribution in [0.5, 0.6) is 0 Å². The van der Waals surface area contributed by atoms with Gasteiger partial charge < -0.3 is 5.11 Å². The summed E-state index contributed by atoms with van der Waals surface area (Å²) in [5, 5.41) is 10.7. The molecule has 17 heavy (non-hydrogen) atoms. The third-order valence-electron chi connectivity index (χ3n) is 2.32. The monoisotopic (exact) mass is 296 g/mol. The van der Waals surface area contributed by atoms with Crippen LogP contribution in [0.2, 0.25) is 10.0 Å². The largest absolute Gasteiger partial charge is 0.393 e. The minimum absolute atomic E-state index is 0.0454. The topological polar surface area (TPSA) is 54.4 Å². The lowest BCUT2D eigenvalue weighted by Gasteiger charge is -2.12. The predicted octanol–water partition coefficient (Wildman–Crippen LogP) is 2.33. The molecule has 0 aliphatic heterocycles. The zero-order valence-electron chi connectivity index (χ0n) is 9.36. The fourth-order valence-electron chi connectivity index (χ4n) is 1.42. The normalized spacial score (nSPS) is 13.6.